The maximum atomic E-state index is 12.5. The Kier molecular flexibility index (Phi) is 11.4. The predicted octanol–water partition coefficient (Wildman–Crippen LogP) is 2.77. The Morgan fingerprint density at radius 3 is 1.66 bits per heavy atom. The molecule has 3 N–H and O–H groups in total. The minimum Gasteiger partial charge on any atom is -0.460 e. The van der Waals surface area contributed by atoms with Gasteiger partial charge in [-0.15, -0.1) is 0 Å². The summed E-state index contributed by atoms with van der Waals surface area (Å²) in [5.41, 5.74) is 3.81. The van der Waals surface area contributed by atoms with Gasteiger partial charge in [0.05, 0.1) is 0 Å². The van der Waals surface area contributed by atoms with Crippen molar-refractivity contribution in [3.05, 3.63) is 0 Å². The smallest absolute Gasteiger partial charge is 0.329 e. The van der Waals surface area contributed by atoms with Gasteiger partial charge in [-0.25, -0.2) is 4.79 Å². The lowest BCUT2D eigenvalue weighted by Gasteiger charge is -2.25. The second-order valence-electron chi connectivity index (χ2n) is 10.8. The maximum absolute atomic E-state index is 12.5. The van der Waals surface area contributed by atoms with Crippen molar-refractivity contribution in [3.63, 3.8) is 0 Å². The topological polar surface area (TPSA) is 134 Å². The van der Waals surface area contributed by atoms with Crippen LogP contribution < -0.4 is 11.1 Å². The van der Waals surface area contributed by atoms with E-state index >= 15 is 0 Å². The van der Waals surface area contributed by atoms with Gasteiger partial charge in [0.15, 0.2) is 0 Å². The first-order chi connectivity index (χ1) is 14.3. The van der Waals surface area contributed by atoms with E-state index in [1.54, 1.807) is 62.3 Å². The van der Waals surface area contributed by atoms with Gasteiger partial charge < -0.3 is 25.3 Å². The van der Waals surface area contributed by atoms with Crippen LogP contribution in [0.4, 0.5) is 0 Å². The molecule has 0 radical (unpaired) electrons. The van der Waals surface area contributed by atoms with Crippen LogP contribution in [0.2, 0.25) is 0 Å². The SMILES string of the molecule is CC(C)(C)OC(=O)CCC[C@@H](NC(=O)CC[C@H](N)C(=O)OC(C)(C)C)C(=O)OC(C)(C)C. The summed E-state index contributed by atoms with van der Waals surface area (Å²) in [5.74, 6) is -2.01. The molecule has 0 aromatic carbocycles. The van der Waals surface area contributed by atoms with Gasteiger partial charge in [-0.3, -0.25) is 14.4 Å². The molecule has 0 aromatic heterocycles. The fraction of sp³-hybridized carbons (Fsp3) is 0.826. The summed E-state index contributed by atoms with van der Waals surface area (Å²) >= 11 is 0. The van der Waals surface area contributed by atoms with Crippen LogP contribution >= 0.6 is 0 Å². The van der Waals surface area contributed by atoms with E-state index in [-0.39, 0.29) is 31.7 Å². The van der Waals surface area contributed by atoms with Crippen molar-refractivity contribution in [2.24, 2.45) is 5.73 Å². The molecule has 0 unspecified atom stereocenters. The van der Waals surface area contributed by atoms with Crippen LogP contribution in [0.3, 0.4) is 0 Å². The fourth-order valence-corrected chi connectivity index (χ4v) is 2.51. The highest BCUT2D eigenvalue weighted by atomic mass is 16.6. The molecular weight excluding hydrogens is 416 g/mol. The van der Waals surface area contributed by atoms with E-state index in [1.807, 2.05) is 0 Å². The minimum absolute atomic E-state index is 0.0637. The first-order valence-corrected chi connectivity index (χ1v) is 11.0. The molecule has 0 fully saturated rings. The van der Waals surface area contributed by atoms with Crippen LogP contribution in [-0.2, 0) is 33.4 Å². The average Bonchev–Trinajstić information content (AvgIpc) is 2.53. The zero-order valence-electron chi connectivity index (χ0n) is 21.1. The highest BCUT2D eigenvalue weighted by Crippen LogP contribution is 2.14. The minimum atomic E-state index is -0.952. The Balaban J connectivity index is 4.87. The molecular formula is C23H42N2O7. The average molecular weight is 459 g/mol. The first-order valence-electron chi connectivity index (χ1n) is 11.0. The van der Waals surface area contributed by atoms with Crippen LogP contribution in [0, 0.1) is 0 Å². The fourth-order valence-electron chi connectivity index (χ4n) is 2.51. The predicted molar refractivity (Wildman–Crippen MR) is 121 cm³/mol. The summed E-state index contributed by atoms with van der Waals surface area (Å²) in [5, 5.41) is 2.63. The van der Waals surface area contributed by atoms with Gasteiger partial charge in [-0.05, 0) is 81.6 Å². The zero-order valence-corrected chi connectivity index (χ0v) is 21.1. The van der Waals surface area contributed by atoms with Gasteiger partial charge in [-0.2, -0.15) is 0 Å². The summed E-state index contributed by atoms with van der Waals surface area (Å²) in [6.45, 7) is 15.7. The standard InChI is InChI=1S/C23H42N2O7/c1-21(2,3)30-18(27)12-10-11-16(20(29)32-23(7,8)9)25-17(26)14-13-15(24)19(28)31-22(4,5)6/h15-16H,10-14,24H2,1-9H3,(H,25,26)/t15-,16+/m0/s1. The summed E-state index contributed by atoms with van der Waals surface area (Å²) in [6, 6.07) is -1.88. The summed E-state index contributed by atoms with van der Waals surface area (Å²) in [6.07, 6.45) is 0.649. The van der Waals surface area contributed by atoms with Crippen LogP contribution in [0.5, 0.6) is 0 Å². The van der Waals surface area contributed by atoms with Crippen molar-refractivity contribution in [3.8, 4) is 0 Å². The molecule has 186 valence electrons. The zero-order chi connectivity index (χ0) is 25.3. The van der Waals surface area contributed by atoms with E-state index in [4.69, 9.17) is 19.9 Å². The lowest BCUT2D eigenvalue weighted by molar-refractivity contribution is -0.160. The monoisotopic (exact) mass is 458 g/mol. The van der Waals surface area contributed by atoms with Gasteiger partial charge in [0.1, 0.15) is 28.9 Å². The molecule has 0 bridgehead atoms. The molecule has 0 aliphatic rings. The third-order valence-electron chi connectivity index (χ3n) is 3.71. The Morgan fingerprint density at radius 1 is 0.719 bits per heavy atom. The number of nitrogens with two attached hydrogens (primary N) is 1. The van der Waals surface area contributed by atoms with E-state index in [0.29, 0.717) is 6.42 Å². The number of esters is 3. The van der Waals surface area contributed by atoms with Gasteiger partial charge >= 0.3 is 17.9 Å². The highest BCUT2D eigenvalue weighted by molar-refractivity contribution is 5.85. The lowest BCUT2D eigenvalue weighted by atomic mass is 10.1. The molecule has 0 heterocycles. The van der Waals surface area contributed by atoms with Crippen LogP contribution in [0.15, 0.2) is 0 Å². The normalized spacial score (nSPS) is 14.2. The van der Waals surface area contributed by atoms with Crippen molar-refractivity contribution in [1.29, 1.82) is 0 Å². The lowest BCUT2D eigenvalue weighted by Crippen LogP contribution is -2.45. The molecule has 0 rings (SSSR count). The number of hydrogen-bond donors (Lipinski definition) is 2. The van der Waals surface area contributed by atoms with E-state index < -0.39 is 46.7 Å². The molecule has 0 aromatic rings. The number of carbonyl (C=O) groups excluding carboxylic acids is 4. The number of hydrogen-bond acceptors (Lipinski definition) is 8. The Labute approximate surface area is 192 Å². The van der Waals surface area contributed by atoms with Crippen LogP contribution in [0.25, 0.3) is 0 Å². The Hall–Kier alpha value is -2.16. The first kappa shape index (κ1) is 29.8. The van der Waals surface area contributed by atoms with Crippen molar-refractivity contribution < 1.29 is 33.4 Å². The number of nitrogens with one attached hydrogen (secondary N) is 1. The van der Waals surface area contributed by atoms with Crippen molar-refractivity contribution in [2.45, 2.75) is 123 Å². The highest BCUT2D eigenvalue weighted by Gasteiger charge is 2.28. The van der Waals surface area contributed by atoms with Crippen LogP contribution in [0.1, 0.15) is 94.4 Å². The molecule has 0 saturated carbocycles. The Bertz CT molecular complexity index is 655. The van der Waals surface area contributed by atoms with E-state index in [1.165, 1.54) is 0 Å². The van der Waals surface area contributed by atoms with Crippen molar-refractivity contribution in [2.75, 3.05) is 0 Å². The van der Waals surface area contributed by atoms with E-state index in [9.17, 15) is 19.2 Å². The maximum Gasteiger partial charge on any atom is 0.329 e. The molecule has 9 nitrogen and oxygen atoms in total. The number of carbonyl (C=O) groups is 4. The number of ether oxygens (including phenoxy) is 3. The molecule has 2 atom stereocenters. The van der Waals surface area contributed by atoms with Crippen molar-refractivity contribution >= 4 is 23.8 Å². The quantitative estimate of drug-likeness (QED) is 0.377. The molecule has 32 heavy (non-hydrogen) atoms. The van der Waals surface area contributed by atoms with Crippen molar-refractivity contribution in [1.82, 2.24) is 5.32 Å². The molecule has 0 aliphatic heterocycles. The molecule has 9 heteroatoms. The second-order valence-corrected chi connectivity index (χ2v) is 10.8. The molecule has 0 saturated heterocycles. The third-order valence-corrected chi connectivity index (χ3v) is 3.71. The molecule has 1 amide bonds. The number of amides is 1. The summed E-state index contributed by atoms with van der Waals surface area (Å²) < 4.78 is 15.9. The van der Waals surface area contributed by atoms with E-state index in [0.717, 1.165) is 0 Å². The molecule has 0 spiro atoms. The summed E-state index contributed by atoms with van der Waals surface area (Å²) in [7, 11) is 0. The second kappa shape index (κ2) is 12.2. The molecule has 0 aliphatic carbocycles. The van der Waals surface area contributed by atoms with Crippen LogP contribution in [-0.4, -0.2) is 52.7 Å². The summed E-state index contributed by atoms with van der Waals surface area (Å²) in [4.78, 5) is 48.8. The van der Waals surface area contributed by atoms with Gasteiger partial charge in [0, 0.05) is 12.8 Å². The Morgan fingerprint density at radius 2 is 1.19 bits per heavy atom. The largest absolute Gasteiger partial charge is 0.460 e. The number of rotatable bonds is 10. The van der Waals surface area contributed by atoms with Gasteiger partial charge in [0.2, 0.25) is 5.91 Å². The third kappa shape index (κ3) is 15.6. The van der Waals surface area contributed by atoms with Gasteiger partial charge in [-0.1, -0.05) is 0 Å². The van der Waals surface area contributed by atoms with E-state index in [2.05, 4.69) is 5.32 Å². The van der Waals surface area contributed by atoms with Gasteiger partial charge in [0.25, 0.3) is 0 Å².